The van der Waals surface area contributed by atoms with E-state index < -0.39 is 0 Å². The van der Waals surface area contributed by atoms with E-state index in [1.165, 1.54) is 0 Å². The molecule has 132 valence electrons. The summed E-state index contributed by atoms with van der Waals surface area (Å²) >= 11 is 1.56. The summed E-state index contributed by atoms with van der Waals surface area (Å²) in [6.45, 7) is 4.01. The normalized spacial score (nSPS) is 11.4. The number of nitrogens with zero attached hydrogens (tertiary/aromatic N) is 2. The summed E-state index contributed by atoms with van der Waals surface area (Å²) in [5, 5.41) is 2.89. The Morgan fingerprint density at radius 2 is 1.88 bits per heavy atom. The van der Waals surface area contributed by atoms with Crippen LogP contribution < -0.4 is 10.4 Å². The highest BCUT2D eigenvalue weighted by Crippen LogP contribution is 2.35. The Bertz CT molecular complexity index is 1140. The van der Waals surface area contributed by atoms with Gasteiger partial charge in [0.05, 0.1) is 23.8 Å². The molecule has 5 nitrogen and oxygen atoms in total. The van der Waals surface area contributed by atoms with Crippen molar-refractivity contribution in [3.05, 3.63) is 58.3 Å². The molecule has 0 saturated heterocycles. The van der Waals surface area contributed by atoms with Crippen LogP contribution in [0.3, 0.4) is 0 Å². The molecule has 0 aliphatic heterocycles. The first-order valence-electron chi connectivity index (χ1n) is 8.42. The molecular formula is C20H19N3O2S. The highest BCUT2D eigenvalue weighted by atomic mass is 32.1. The fraction of sp³-hybridized carbons (Fsp3) is 0.200. The SMILES string of the molecule is COc1ccccc1-c1csc(-c2cccc3c2[nH]c(=O)n3C(C)C)n1. The molecule has 1 N–H and O–H groups in total. The zero-order chi connectivity index (χ0) is 18.3. The zero-order valence-electron chi connectivity index (χ0n) is 14.8. The Hall–Kier alpha value is -2.86. The molecule has 0 saturated carbocycles. The average Bonchev–Trinajstić information content (AvgIpc) is 3.25. The number of aromatic amines is 1. The van der Waals surface area contributed by atoms with Crippen LogP contribution in [0.1, 0.15) is 19.9 Å². The van der Waals surface area contributed by atoms with Crippen LogP contribution in [0.5, 0.6) is 5.75 Å². The number of nitrogens with one attached hydrogen (secondary N) is 1. The van der Waals surface area contributed by atoms with Crippen LogP contribution in [-0.2, 0) is 0 Å². The van der Waals surface area contributed by atoms with Crippen molar-refractivity contribution in [2.75, 3.05) is 7.11 Å². The molecule has 0 amide bonds. The number of aromatic nitrogens is 3. The van der Waals surface area contributed by atoms with E-state index in [1.54, 1.807) is 23.0 Å². The number of benzene rings is 2. The van der Waals surface area contributed by atoms with Crippen molar-refractivity contribution in [1.82, 2.24) is 14.5 Å². The molecule has 4 aromatic rings. The number of fused-ring (bicyclic) bond motifs is 1. The maximum atomic E-state index is 12.3. The van der Waals surface area contributed by atoms with Gasteiger partial charge in [0.25, 0.3) is 0 Å². The number of H-pyrrole nitrogens is 1. The lowest BCUT2D eigenvalue weighted by molar-refractivity contribution is 0.416. The van der Waals surface area contributed by atoms with Gasteiger partial charge in [0, 0.05) is 22.5 Å². The molecule has 0 bridgehead atoms. The molecule has 4 rings (SSSR count). The van der Waals surface area contributed by atoms with Gasteiger partial charge in [0.2, 0.25) is 0 Å². The van der Waals surface area contributed by atoms with Gasteiger partial charge in [-0.25, -0.2) is 9.78 Å². The molecule has 2 heterocycles. The van der Waals surface area contributed by atoms with Gasteiger partial charge < -0.3 is 9.72 Å². The van der Waals surface area contributed by atoms with Crippen LogP contribution in [-0.4, -0.2) is 21.6 Å². The van der Waals surface area contributed by atoms with Gasteiger partial charge in [0.1, 0.15) is 10.8 Å². The summed E-state index contributed by atoms with van der Waals surface area (Å²) in [5.74, 6) is 0.793. The van der Waals surface area contributed by atoms with E-state index in [9.17, 15) is 4.79 Å². The van der Waals surface area contributed by atoms with Gasteiger partial charge >= 0.3 is 5.69 Å². The predicted octanol–water partition coefficient (Wildman–Crippen LogP) is 4.71. The van der Waals surface area contributed by atoms with E-state index >= 15 is 0 Å². The highest BCUT2D eigenvalue weighted by Gasteiger charge is 2.16. The predicted molar refractivity (Wildman–Crippen MR) is 106 cm³/mol. The maximum absolute atomic E-state index is 12.3. The van der Waals surface area contributed by atoms with E-state index in [-0.39, 0.29) is 11.7 Å². The second kappa shape index (κ2) is 6.46. The van der Waals surface area contributed by atoms with Crippen molar-refractivity contribution < 1.29 is 4.74 Å². The number of imidazole rings is 1. The number of thiazole rings is 1. The minimum atomic E-state index is -0.0936. The summed E-state index contributed by atoms with van der Waals surface area (Å²) < 4.78 is 7.22. The van der Waals surface area contributed by atoms with Crippen LogP contribution in [0.15, 0.2) is 52.6 Å². The summed E-state index contributed by atoms with van der Waals surface area (Å²) in [5.41, 5.74) is 4.39. The van der Waals surface area contributed by atoms with Gasteiger partial charge in [-0.3, -0.25) is 4.57 Å². The van der Waals surface area contributed by atoms with Gasteiger partial charge in [-0.2, -0.15) is 0 Å². The average molecular weight is 365 g/mol. The summed E-state index contributed by atoms with van der Waals surface area (Å²) in [7, 11) is 1.66. The molecule has 0 aliphatic rings. The molecule has 2 aromatic heterocycles. The van der Waals surface area contributed by atoms with E-state index in [1.807, 2.05) is 61.7 Å². The Labute approximate surface area is 154 Å². The maximum Gasteiger partial charge on any atom is 0.326 e. The summed E-state index contributed by atoms with van der Waals surface area (Å²) in [4.78, 5) is 20.1. The van der Waals surface area contributed by atoms with Gasteiger partial charge in [0.15, 0.2) is 0 Å². The lowest BCUT2D eigenvalue weighted by Gasteiger charge is -2.07. The molecule has 0 unspecified atom stereocenters. The first-order chi connectivity index (χ1) is 12.6. The molecule has 0 aliphatic carbocycles. The van der Waals surface area contributed by atoms with Crippen molar-refractivity contribution in [3.63, 3.8) is 0 Å². The van der Waals surface area contributed by atoms with Crippen LogP contribution in [0, 0.1) is 0 Å². The van der Waals surface area contributed by atoms with Crippen LogP contribution in [0.4, 0.5) is 0 Å². The number of hydrogen-bond acceptors (Lipinski definition) is 4. The Balaban J connectivity index is 1.86. The van der Waals surface area contributed by atoms with E-state index in [0.717, 1.165) is 38.6 Å². The zero-order valence-corrected chi connectivity index (χ0v) is 15.6. The lowest BCUT2D eigenvalue weighted by atomic mass is 10.1. The van der Waals surface area contributed by atoms with Gasteiger partial charge in [-0.15, -0.1) is 11.3 Å². The second-order valence-electron chi connectivity index (χ2n) is 6.33. The first-order valence-corrected chi connectivity index (χ1v) is 9.30. The fourth-order valence-electron chi connectivity index (χ4n) is 3.22. The standard InChI is InChI=1S/C20H19N3O2S/c1-12(2)23-16-9-6-8-14(18(16)22-20(23)24)19-21-15(11-26-19)13-7-4-5-10-17(13)25-3/h4-12H,1-3H3,(H,22,24). The molecule has 6 heteroatoms. The number of hydrogen-bond donors (Lipinski definition) is 1. The van der Waals surface area contributed by atoms with Crippen LogP contribution in [0.2, 0.25) is 0 Å². The second-order valence-corrected chi connectivity index (χ2v) is 7.19. The summed E-state index contributed by atoms with van der Waals surface area (Å²) in [6.07, 6.45) is 0. The topological polar surface area (TPSA) is 59.9 Å². The molecule has 2 aromatic carbocycles. The Kier molecular flexibility index (Phi) is 4.12. The largest absolute Gasteiger partial charge is 0.496 e. The van der Waals surface area contributed by atoms with Crippen LogP contribution >= 0.6 is 11.3 Å². The third-order valence-electron chi connectivity index (χ3n) is 4.39. The Morgan fingerprint density at radius 3 is 2.65 bits per heavy atom. The molecule has 0 atom stereocenters. The number of para-hydroxylation sites is 2. The number of rotatable bonds is 4. The first kappa shape index (κ1) is 16.6. The monoisotopic (exact) mass is 365 g/mol. The van der Waals surface area contributed by atoms with Crippen molar-refractivity contribution in [2.45, 2.75) is 19.9 Å². The highest BCUT2D eigenvalue weighted by molar-refractivity contribution is 7.13. The minimum Gasteiger partial charge on any atom is -0.496 e. The van der Waals surface area contributed by atoms with Crippen LogP contribution in [0.25, 0.3) is 32.9 Å². The lowest BCUT2D eigenvalue weighted by Crippen LogP contribution is -2.18. The van der Waals surface area contributed by atoms with Gasteiger partial charge in [-0.05, 0) is 38.1 Å². The third kappa shape index (κ3) is 2.63. The number of methoxy groups -OCH3 is 1. The van der Waals surface area contributed by atoms with E-state index in [4.69, 9.17) is 9.72 Å². The van der Waals surface area contributed by atoms with E-state index in [0.29, 0.717) is 0 Å². The van der Waals surface area contributed by atoms with Crippen molar-refractivity contribution in [3.8, 4) is 27.6 Å². The third-order valence-corrected chi connectivity index (χ3v) is 5.26. The minimum absolute atomic E-state index is 0.0898. The van der Waals surface area contributed by atoms with Crippen molar-refractivity contribution >= 4 is 22.4 Å². The summed E-state index contributed by atoms with van der Waals surface area (Å²) in [6, 6.07) is 13.8. The molecule has 26 heavy (non-hydrogen) atoms. The van der Waals surface area contributed by atoms with E-state index in [2.05, 4.69) is 4.98 Å². The fourth-order valence-corrected chi connectivity index (χ4v) is 4.07. The number of ether oxygens (including phenoxy) is 1. The van der Waals surface area contributed by atoms with Gasteiger partial charge in [-0.1, -0.05) is 18.2 Å². The Morgan fingerprint density at radius 1 is 1.12 bits per heavy atom. The molecule has 0 radical (unpaired) electrons. The smallest absolute Gasteiger partial charge is 0.326 e. The molecular weight excluding hydrogens is 346 g/mol. The quantitative estimate of drug-likeness (QED) is 0.570. The molecule has 0 spiro atoms. The molecule has 0 fully saturated rings. The van der Waals surface area contributed by atoms with Crippen molar-refractivity contribution in [1.29, 1.82) is 0 Å². The van der Waals surface area contributed by atoms with Crippen molar-refractivity contribution in [2.24, 2.45) is 0 Å².